The van der Waals surface area contributed by atoms with Crippen LogP contribution in [0.5, 0.6) is 0 Å². The third-order valence-electron chi connectivity index (χ3n) is 4.44. The van der Waals surface area contributed by atoms with Crippen LogP contribution in [0.25, 0.3) is 0 Å². The number of amides is 3. The summed E-state index contributed by atoms with van der Waals surface area (Å²) in [6.45, 7) is 4.95. The summed E-state index contributed by atoms with van der Waals surface area (Å²) in [4.78, 5) is 31.7. The van der Waals surface area contributed by atoms with E-state index in [4.69, 9.17) is 4.84 Å². The van der Waals surface area contributed by atoms with Gasteiger partial charge in [-0.25, -0.2) is 4.79 Å². The molecule has 0 saturated carbocycles. The van der Waals surface area contributed by atoms with Gasteiger partial charge in [0.15, 0.2) is 5.84 Å². The van der Waals surface area contributed by atoms with Gasteiger partial charge in [0.25, 0.3) is 0 Å². The van der Waals surface area contributed by atoms with E-state index in [1.54, 1.807) is 4.90 Å². The summed E-state index contributed by atoms with van der Waals surface area (Å²) in [7, 11) is 0. The molecule has 7 nitrogen and oxygen atoms in total. The molecule has 0 radical (unpaired) electrons. The molecule has 0 aromatic heterocycles. The van der Waals surface area contributed by atoms with Crippen LogP contribution in [0.4, 0.5) is 10.5 Å². The molecule has 1 aromatic carbocycles. The van der Waals surface area contributed by atoms with Gasteiger partial charge >= 0.3 is 6.03 Å². The molecule has 3 amide bonds. The number of anilines is 1. The first-order chi connectivity index (χ1) is 12.0. The first-order valence-electron chi connectivity index (χ1n) is 8.67. The largest absolute Gasteiger partial charge is 0.391 e. The maximum absolute atomic E-state index is 12.5. The van der Waals surface area contributed by atoms with Gasteiger partial charge < -0.3 is 20.4 Å². The van der Waals surface area contributed by atoms with Gasteiger partial charge in [-0.3, -0.25) is 4.79 Å². The van der Waals surface area contributed by atoms with Crippen molar-refractivity contribution in [1.29, 1.82) is 0 Å². The zero-order chi connectivity index (χ0) is 17.8. The monoisotopic (exact) mass is 344 g/mol. The number of urea groups is 1. The van der Waals surface area contributed by atoms with Crippen LogP contribution in [-0.2, 0) is 9.63 Å². The van der Waals surface area contributed by atoms with Crippen molar-refractivity contribution in [3.05, 3.63) is 29.8 Å². The zero-order valence-electron chi connectivity index (χ0n) is 14.6. The molecule has 1 aromatic rings. The molecule has 2 N–H and O–H groups in total. The lowest BCUT2D eigenvalue weighted by atomic mass is 9.97. The highest BCUT2D eigenvalue weighted by Crippen LogP contribution is 2.19. The molecule has 2 aliphatic rings. The molecule has 0 spiro atoms. The first-order valence-corrected chi connectivity index (χ1v) is 8.67. The van der Waals surface area contributed by atoms with Crippen LogP contribution >= 0.6 is 0 Å². The number of nitrogens with one attached hydrogen (secondary N) is 2. The molecule has 1 fully saturated rings. The highest BCUT2D eigenvalue weighted by molar-refractivity contribution is 6.00. The Morgan fingerprint density at radius 2 is 2.16 bits per heavy atom. The fourth-order valence-corrected chi connectivity index (χ4v) is 3.12. The minimum atomic E-state index is -0.226. The Bertz CT molecular complexity index is 689. The van der Waals surface area contributed by atoms with Crippen molar-refractivity contribution in [2.24, 2.45) is 11.1 Å². The van der Waals surface area contributed by atoms with Gasteiger partial charge in [0.2, 0.25) is 5.91 Å². The van der Waals surface area contributed by atoms with Crippen molar-refractivity contribution in [3.63, 3.8) is 0 Å². The zero-order valence-corrected chi connectivity index (χ0v) is 14.6. The molecular formula is C18H24N4O3. The maximum atomic E-state index is 12.5. The molecule has 25 heavy (non-hydrogen) atoms. The first kappa shape index (κ1) is 17.3. The quantitative estimate of drug-likeness (QED) is 0.864. The van der Waals surface area contributed by atoms with E-state index in [1.165, 1.54) is 0 Å². The Labute approximate surface area is 147 Å². The van der Waals surface area contributed by atoms with Gasteiger partial charge in [-0.1, -0.05) is 17.3 Å². The molecule has 2 unspecified atom stereocenters. The molecular weight excluding hydrogens is 320 g/mol. The summed E-state index contributed by atoms with van der Waals surface area (Å²) < 4.78 is 0. The molecule has 1 saturated heterocycles. The van der Waals surface area contributed by atoms with Crippen LogP contribution in [0, 0.1) is 12.8 Å². The van der Waals surface area contributed by atoms with Crippen LogP contribution < -0.4 is 10.6 Å². The number of rotatable bonds is 2. The summed E-state index contributed by atoms with van der Waals surface area (Å²) in [5, 5.41) is 9.59. The number of amidine groups is 1. The Morgan fingerprint density at radius 3 is 2.88 bits per heavy atom. The maximum Gasteiger partial charge on any atom is 0.321 e. The van der Waals surface area contributed by atoms with Gasteiger partial charge in [-0.15, -0.1) is 0 Å². The number of carbonyl (C=O) groups is 2. The van der Waals surface area contributed by atoms with Crippen LogP contribution in [0.3, 0.4) is 0 Å². The number of hydrogen-bond acceptors (Lipinski definition) is 4. The van der Waals surface area contributed by atoms with Crippen molar-refractivity contribution in [1.82, 2.24) is 10.2 Å². The van der Waals surface area contributed by atoms with E-state index in [1.807, 2.05) is 38.1 Å². The summed E-state index contributed by atoms with van der Waals surface area (Å²) in [5.74, 6) is 0.249. The molecule has 2 aliphatic heterocycles. The highest BCUT2D eigenvalue weighted by Gasteiger charge is 2.30. The number of likely N-dealkylation sites (tertiary alicyclic amines) is 1. The third-order valence-corrected chi connectivity index (χ3v) is 4.44. The smallest absolute Gasteiger partial charge is 0.321 e. The van der Waals surface area contributed by atoms with Gasteiger partial charge in [0.05, 0.1) is 5.92 Å². The van der Waals surface area contributed by atoms with Crippen molar-refractivity contribution in [3.8, 4) is 0 Å². The summed E-state index contributed by atoms with van der Waals surface area (Å²) in [6.07, 6.45) is 2.18. The van der Waals surface area contributed by atoms with E-state index in [2.05, 4.69) is 15.8 Å². The Balaban J connectivity index is 1.55. The molecule has 2 heterocycles. The van der Waals surface area contributed by atoms with Crippen molar-refractivity contribution >= 4 is 23.5 Å². The van der Waals surface area contributed by atoms with E-state index < -0.39 is 0 Å². The SMILES string of the molecule is Cc1cccc(NC(=O)N2CCCC(C(=O)NC3=NOC(C)C3)C2)c1. The number of nitrogens with zero attached hydrogens (tertiary/aromatic N) is 2. The topological polar surface area (TPSA) is 83.0 Å². The van der Waals surface area contributed by atoms with Crippen LogP contribution in [0.1, 0.15) is 31.7 Å². The fourth-order valence-electron chi connectivity index (χ4n) is 3.12. The lowest BCUT2D eigenvalue weighted by molar-refractivity contribution is -0.124. The Morgan fingerprint density at radius 1 is 1.32 bits per heavy atom. The normalized spacial score (nSPS) is 22.8. The predicted octanol–water partition coefficient (Wildman–Crippen LogP) is 2.48. The summed E-state index contributed by atoms with van der Waals surface area (Å²) >= 11 is 0. The number of oxime groups is 1. The standard InChI is InChI=1S/C18H24N4O3/c1-12-5-3-7-15(9-12)19-18(24)22-8-4-6-14(11-22)17(23)20-16-10-13(2)25-21-16/h3,5,7,9,13-14H,4,6,8,10-11H2,1-2H3,(H,19,24)(H,20,21,23). The average Bonchev–Trinajstić information content (AvgIpc) is 3.00. The van der Waals surface area contributed by atoms with Crippen LogP contribution in [0.2, 0.25) is 0 Å². The van der Waals surface area contributed by atoms with E-state index >= 15 is 0 Å². The fraction of sp³-hybridized carbons (Fsp3) is 0.500. The van der Waals surface area contributed by atoms with Gasteiger partial charge in [-0.2, -0.15) is 0 Å². The van der Waals surface area contributed by atoms with E-state index in [9.17, 15) is 9.59 Å². The second-order valence-corrected chi connectivity index (χ2v) is 6.73. The van der Waals surface area contributed by atoms with E-state index in [0.717, 1.165) is 24.1 Å². The van der Waals surface area contributed by atoms with Crippen molar-refractivity contribution in [2.75, 3.05) is 18.4 Å². The minimum Gasteiger partial charge on any atom is -0.391 e. The Hall–Kier alpha value is -2.57. The molecule has 134 valence electrons. The van der Waals surface area contributed by atoms with Crippen molar-refractivity contribution < 1.29 is 14.4 Å². The van der Waals surface area contributed by atoms with E-state index in [-0.39, 0.29) is 24.0 Å². The third kappa shape index (κ3) is 4.49. The number of hydrogen-bond donors (Lipinski definition) is 2. The van der Waals surface area contributed by atoms with Crippen molar-refractivity contribution in [2.45, 2.75) is 39.2 Å². The average molecular weight is 344 g/mol. The number of aryl methyl sites for hydroxylation is 1. The number of benzene rings is 1. The minimum absolute atomic E-state index is 0.00161. The molecule has 7 heteroatoms. The number of carbonyl (C=O) groups excluding carboxylic acids is 2. The van der Waals surface area contributed by atoms with Gasteiger partial charge in [-0.05, 0) is 44.4 Å². The lowest BCUT2D eigenvalue weighted by Gasteiger charge is -2.32. The Kier molecular flexibility index (Phi) is 5.21. The molecule has 2 atom stereocenters. The van der Waals surface area contributed by atoms with Crippen LogP contribution in [0.15, 0.2) is 29.4 Å². The molecule has 0 bridgehead atoms. The van der Waals surface area contributed by atoms with Gasteiger partial charge in [0.1, 0.15) is 6.10 Å². The number of piperidine rings is 1. The van der Waals surface area contributed by atoms with E-state index in [0.29, 0.717) is 25.3 Å². The summed E-state index contributed by atoms with van der Waals surface area (Å²) in [6, 6.07) is 7.50. The second-order valence-electron chi connectivity index (χ2n) is 6.73. The second kappa shape index (κ2) is 7.55. The highest BCUT2D eigenvalue weighted by atomic mass is 16.6. The molecule has 0 aliphatic carbocycles. The lowest BCUT2D eigenvalue weighted by Crippen LogP contribution is -2.47. The molecule has 3 rings (SSSR count). The van der Waals surface area contributed by atoms with Gasteiger partial charge in [0, 0.05) is 25.2 Å². The summed E-state index contributed by atoms with van der Waals surface area (Å²) in [5.41, 5.74) is 1.85. The van der Waals surface area contributed by atoms with Crippen LogP contribution in [-0.4, -0.2) is 41.9 Å². The predicted molar refractivity (Wildman–Crippen MR) is 95.2 cm³/mol.